The Morgan fingerprint density at radius 3 is 2.70 bits per heavy atom. The summed E-state index contributed by atoms with van der Waals surface area (Å²) in [7, 11) is 0. The smallest absolute Gasteiger partial charge is 0.421 e. The number of amides is 2. The summed E-state index contributed by atoms with van der Waals surface area (Å²) in [6.07, 6.45) is -1.08. The molecule has 1 atom stereocenters. The first-order valence-corrected chi connectivity index (χ1v) is 8.24. The number of likely N-dealkylation sites (tertiary alicyclic amines) is 1. The maximum absolute atomic E-state index is 12.6. The third kappa shape index (κ3) is 4.41. The quantitative estimate of drug-likeness (QED) is 0.836. The zero-order valence-corrected chi connectivity index (χ0v) is 14.1. The van der Waals surface area contributed by atoms with Crippen LogP contribution in [0.5, 0.6) is 0 Å². The minimum Gasteiger partial charge on any atom is -0.421 e. The second-order valence-electron chi connectivity index (χ2n) is 5.93. The van der Waals surface area contributed by atoms with Gasteiger partial charge in [-0.15, -0.1) is 10.2 Å². The Morgan fingerprint density at radius 1 is 1.26 bits per heavy atom. The van der Waals surface area contributed by atoms with Crippen molar-refractivity contribution in [2.24, 2.45) is 0 Å². The third-order valence-corrected chi connectivity index (χ3v) is 4.09. The van der Waals surface area contributed by atoms with Gasteiger partial charge < -0.3 is 14.6 Å². The maximum atomic E-state index is 12.6. The Morgan fingerprint density at radius 2 is 2.00 bits per heavy atom. The summed E-state index contributed by atoms with van der Waals surface area (Å²) in [6.45, 7) is 0.0107. The second-order valence-corrected chi connectivity index (χ2v) is 5.93. The lowest BCUT2D eigenvalue weighted by Gasteiger charge is -2.24. The van der Waals surface area contributed by atoms with Crippen molar-refractivity contribution in [1.82, 2.24) is 25.4 Å². The van der Waals surface area contributed by atoms with Crippen molar-refractivity contribution in [2.75, 3.05) is 13.1 Å². The van der Waals surface area contributed by atoms with Crippen LogP contribution < -0.4 is 5.32 Å². The van der Waals surface area contributed by atoms with Crippen LogP contribution >= 0.6 is 0 Å². The van der Waals surface area contributed by atoms with Gasteiger partial charge in [0.1, 0.15) is 6.04 Å². The molecule has 3 rings (SSSR count). The highest BCUT2D eigenvalue weighted by Gasteiger charge is 2.47. The number of pyridine rings is 1. The molecule has 0 radical (unpaired) electrons. The van der Waals surface area contributed by atoms with Crippen molar-refractivity contribution in [1.29, 1.82) is 0 Å². The third-order valence-electron chi connectivity index (χ3n) is 4.09. The molecule has 2 aromatic heterocycles. The number of aromatic nitrogens is 3. The van der Waals surface area contributed by atoms with Gasteiger partial charge in [-0.3, -0.25) is 14.6 Å². The fourth-order valence-electron chi connectivity index (χ4n) is 2.82. The van der Waals surface area contributed by atoms with Crippen LogP contribution in [0, 0.1) is 0 Å². The molecular weight excluding hydrogens is 367 g/mol. The van der Waals surface area contributed by atoms with E-state index >= 15 is 0 Å². The molecule has 2 amide bonds. The minimum atomic E-state index is -4.99. The molecule has 1 saturated heterocycles. The monoisotopic (exact) mass is 383 g/mol. The van der Waals surface area contributed by atoms with Crippen molar-refractivity contribution < 1.29 is 27.2 Å². The van der Waals surface area contributed by atoms with E-state index in [2.05, 4.69) is 20.5 Å². The summed E-state index contributed by atoms with van der Waals surface area (Å²) in [5.41, 5.74) is 0.694. The summed E-state index contributed by atoms with van der Waals surface area (Å²) in [5.74, 6) is -2.04. The van der Waals surface area contributed by atoms with E-state index in [1.54, 1.807) is 24.5 Å². The van der Waals surface area contributed by atoms with E-state index in [-0.39, 0.29) is 31.8 Å². The molecule has 11 heteroatoms. The second kappa shape index (κ2) is 7.72. The van der Waals surface area contributed by atoms with Gasteiger partial charge in [-0.25, -0.2) is 0 Å². The highest BCUT2D eigenvalue weighted by molar-refractivity contribution is 5.90. The van der Waals surface area contributed by atoms with E-state index < -0.39 is 24.0 Å². The first kappa shape index (κ1) is 18.8. The van der Waals surface area contributed by atoms with Crippen molar-refractivity contribution in [2.45, 2.75) is 31.5 Å². The average Bonchev–Trinajstić information content (AvgIpc) is 3.30. The first-order chi connectivity index (χ1) is 12.9. The van der Waals surface area contributed by atoms with Gasteiger partial charge in [0.15, 0.2) is 0 Å². The Bertz CT molecular complexity index is 809. The Hall–Kier alpha value is -2.98. The summed E-state index contributed by atoms with van der Waals surface area (Å²) in [5, 5.41) is 10.3. The number of nitrogens with one attached hydrogen (secondary N) is 1. The number of hydrogen-bond donors (Lipinski definition) is 1. The van der Waals surface area contributed by atoms with Crippen LogP contribution in [-0.2, 0) is 16.0 Å². The summed E-state index contributed by atoms with van der Waals surface area (Å²) in [6, 6.07) is 2.28. The topological polar surface area (TPSA) is 101 Å². The Labute approximate surface area is 151 Å². The predicted octanol–water partition coefficient (Wildman–Crippen LogP) is 1.34. The van der Waals surface area contributed by atoms with E-state index in [0.29, 0.717) is 22.8 Å². The molecule has 0 saturated carbocycles. The van der Waals surface area contributed by atoms with Crippen LogP contribution in [0.25, 0.3) is 11.5 Å². The van der Waals surface area contributed by atoms with Gasteiger partial charge in [0, 0.05) is 37.5 Å². The Kier molecular flexibility index (Phi) is 5.38. The Balaban J connectivity index is 1.52. The van der Waals surface area contributed by atoms with Crippen molar-refractivity contribution in [3.63, 3.8) is 0 Å². The van der Waals surface area contributed by atoms with Crippen LogP contribution in [0.2, 0.25) is 0 Å². The molecule has 0 aromatic carbocycles. The molecule has 8 nitrogen and oxygen atoms in total. The van der Waals surface area contributed by atoms with Crippen molar-refractivity contribution >= 4 is 11.8 Å². The van der Waals surface area contributed by atoms with Gasteiger partial charge in [-0.1, -0.05) is 0 Å². The fourth-order valence-corrected chi connectivity index (χ4v) is 2.82. The summed E-state index contributed by atoms with van der Waals surface area (Å²) in [4.78, 5) is 28.0. The molecule has 3 heterocycles. The molecule has 1 aliphatic rings. The molecule has 1 aliphatic heterocycles. The number of carbonyl (C=O) groups excluding carboxylic acids is 2. The number of carbonyl (C=O) groups is 2. The van der Waals surface area contributed by atoms with Crippen LogP contribution in [0.4, 0.5) is 13.2 Å². The van der Waals surface area contributed by atoms with Crippen LogP contribution in [0.3, 0.4) is 0 Å². The molecule has 1 N–H and O–H groups in total. The zero-order valence-electron chi connectivity index (χ0n) is 14.1. The van der Waals surface area contributed by atoms with Crippen LogP contribution in [-0.4, -0.2) is 57.2 Å². The largest absolute Gasteiger partial charge is 0.471 e. The van der Waals surface area contributed by atoms with Gasteiger partial charge in [0.25, 0.3) is 0 Å². The summed E-state index contributed by atoms with van der Waals surface area (Å²) < 4.78 is 43.3. The standard InChI is InChI=1S/C16H16F3N5O3/c17-16(18,19)15(26)24-9-1-2-11(24)13(25)21-8-5-12-22-23-14(27-12)10-3-6-20-7-4-10/h3-4,6-7,11H,1-2,5,8-9H2,(H,21,25). The molecule has 144 valence electrons. The average molecular weight is 383 g/mol. The zero-order chi connectivity index (χ0) is 19.4. The van der Waals surface area contributed by atoms with E-state index in [1.165, 1.54) is 0 Å². The molecule has 1 fully saturated rings. The number of alkyl halides is 3. The van der Waals surface area contributed by atoms with Crippen molar-refractivity contribution in [3.8, 4) is 11.5 Å². The highest BCUT2D eigenvalue weighted by Crippen LogP contribution is 2.25. The van der Waals surface area contributed by atoms with E-state index in [1.807, 2.05) is 0 Å². The number of rotatable bonds is 5. The fraction of sp³-hybridized carbons (Fsp3) is 0.438. The molecule has 0 spiro atoms. The van der Waals surface area contributed by atoms with Crippen molar-refractivity contribution in [3.05, 3.63) is 30.4 Å². The van der Waals surface area contributed by atoms with E-state index in [4.69, 9.17) is 4.42 Å². The SMILES string of the molecule is O=C(NCCc1nnc(-c2ccncc2)o1)C1CCCN1C(=O)C(F)(F)F. The number of hydrogen-bond acceptors (Lipinski definition) is 6. The highest BCUT2D eigenvalue weighted by atomic mass is 19.4. The first-order valence-electron chi connectivity index (χ1n) is 8.24. The predicted molar refractivity (Wildman–Crippen MR) is 85.0 cm³/mol. The van der Waals surface area contributed by atoms with Gasteiger partial charge in [0.05, 0.1) is 0 Å². The lowest BCUT2D eigenvalue weighted by molar-refractivity contribution is -0.186. The maximum Gasteiger partial charge on any atom is 0.471 e. The molecule has 2 aromatic rings. The van der Waals surface area contributed by atoms with Gasteiger partial charge in [-0.05, 0) is 25.0 Å². The van der Waals surface area contributed by atoms with Gasteiger partial charge in [-0.2, -0.15) is 13.2 Å². The molecular formula is C16H16F3N5O3. The van der Waals surface area contributed by atoms with Crippen LogP contribution in [0.1, 0.15) is 18.7 Å². The van der Waals surface area contributed by atoms with Crippen LogP contribution in [0.15, 0.2) is 28.9 Å². The van der Waals surface area contributed by atoms with Gasteiger partial charge in [0.2, 0.25) is 17.7 Å². The molecule has 0 bridgehead atoms. The number of nitrogens with zero attached hydrogens (tertiary/aromatic N) is 4. The molecule has 27 heavy (non-hydrogen) atoms. The van der Waals surface area contributed by atoms with E-state index in [0.717, 1.165) is 0 Å². The molecule has 1 unspecified atom stereocenters. The lowest BCUT2D eigenvalue weighted by Crippen LogP contribution is -2.50. The normalized spacial score (nSPS) is 17.1. The molecule has 0 aliphatic carbocycles. The lowest BCUT2D eigenvalue weighted by atomic mass is 10.2. The van der Waals surface area contributed by atoms with Gasteiger partial charge >= 0.3 is 12.1 Å². The summed E-state index contributed by atoms with van der Waals surface area (Å²) >= 11 is 0. The minimum absolute atomic E-state index is 0.0879. The van der Waals surface area contributed by atoms with E-state index in [9.17, 15) is 22.8 Å². The number of halogens is 3.